The summed E-state index contributed by atoms with van der Waals surface area (Å²) in [7, 11) is 1.54. The molecule has 0 saturated carbocycles. The number of rotatable bonds is 6. The van der Waals surface area contributed by atoms with Crippen LogP contribution in [0.15, 0.2) is 58.4 Å². The van der Waals surface area contributed by atoms with Gasteiger partial charge in [0.1, 0.15) is 11.5 Å². The third-order valence-corrected chi connectivity index (χ3v) is 6.05. The number of thiazole rings is 1. The predicted molar refractivity (Wildman–Crippen MR) is 111 cm³/mol. The van der Waals surface area contributed by atoms with Gasteiger partial charge in [-0.2, -0.15) is 0 Å². The van der Waals surface area contributed by atoms with Crippen molar-refractivity contribution in [2.45, 2.75) is 26.4 Å². The number of amides is 1. The van der Waals surface area contributed by atoms with Gasteiger partial charge in [0.05, 0.1) is 47.1 Å². The van der Waals surface area contributed by atoms with E-state index in [4.69, 9.17) is 9.15 Å². The lowest BCUT2D eigenvalue weighted by atomic mass is 9.95. The standard InChI is InChI=1S/C22H20N2O5S/c1-12-21(30-13(2)23-12)19(25)17-18(14-6-4-7-15(10-14)28-3)24(22(27)20(17)26)11-16-8-5-9-29-16/h4-10,18,26H,11H2,1-3H3. The SMILES string of the molecule is COc1cccc(C2C(C(=O)c3sc(C)nc3C)=C(O)C(=O)N2Cc2ccco2)c1. The van der Waals surface area contributed by atoms with E-state index in [0.717, 1.165) is 5.01 Å². The number of aromatic nitrogens is 1. The van der Waals surface area contributed by atoms with Crippen LogP contribution in [0.1, 0.15) is 37.7 Å². The summed E-state index contributed by atoms with van der Waals surface area (Å²) < 4.78 is 10.7. The number of Topliss-reactive ketones (excluding diaryl/α,β-unsaturated/α-hetero) is 1. The second-order valence-corrected chi connectivity index (χ2v) is 8.13. The van der Waals surface area contributed by atoms with E-state index in [-0.39, 0.29) is 12.1 Å². The number of aliphatic hydroxyl groups excluding tert-OH is 1. The van der Waals surface area contributed by atoms with E-state index in [9.17, 15) is 14.7 Å². The third-order valence-electron chi connectivity index (χ3n) is 4.97. The number of ether oxygens (including phenoxy) is 1. The number of aryl methyl sites for hydroxylation is 2. The number of hydrogen-bond acceptors (Lipinski definition) is 7. The molecule has 1 atom stereocenters. The van der Waals surface area contributed by atoms with Crippen molar-refractivity contribution in [2.24, 2.45) is 0 Å². The second-order valence-electron chi connectivity index (χ2n) is 6.93. The Hall–Kier alpha value is -3.39. The van der Waals surface area contributed by atoms with Crippen LogP contribution in [-0.4, -0.2) is 33.8 Å². The fourth-order valence-electron chi connectivity index (χ4n) is 3.64. The van der Waals surface area contributed by atoms with E-state index in [1.165, 1.54) is 22.5 Å². The molecule has 1 aromatic carbocycles. The molecule has 1 amide bonds. The smallest absolute Gasteiger partial charge is 0.290 e. The molecular formula is C22H20N2O5S. The van der Waals surface area contributed by atoms with E-state index < -0.39 is 23.5 Å². The maximum absolute atomic E-state index is 13.4. The lowest BCUT2D eigenvalue weighted by Crippen LogP contribution is -2.30. The van der Waals surface area contributed by atoms with Gasteiger partial charge >= 0.3 is 0 Å². The van der Waals surface area contributed by atoms with E-state index in [0.29, 0.717) is 27.6 Å². The van der Waals surface area contributed by atoms with E-state index in [1.807, 2.05) is 6.92 Å². The van der Waals surface area contributed by atoms with Crippen LogP contribution in [-0.2, 0) is 11.3 Å². The number of aliphatic hydroxyl groups is 1. The summed E-state index contributed by atoms with van der Waals surface area (Å²) in [4.78, 5) is 32.6. The fourth-order valence-corrected chi connectivity index (χ4v) is 4.52. The zero-order valence-corrected chi connectivity index (χ0v) is 17.5. The Kier molecular flexibility index (Phi) is 5.17. The molecule has 154 valence electrons. The van der Waals surface area contributed by atoms with Gasteiger partial charge in [0, 0.05) is 0 Å². The summed E-state index contributed by atoms with van der Waals surface area (Å²) >= 11 is 1.25. The second kappa shape index (κ2) is 7.79. The topological polar surface area (TPSA) is 92.9 Å². The lowest BCUT2D eigenvalue weighted by Gasteiger charge is -2.26. The number of carbonyl (C=O) groups excluding carboxylic acids is 2. The van der Waals surface area contributed by atoms with Gasteiger partial charge in [-0.05, 0) is 43.7 Å². The van der Waals surface area contributed by atoms with Crippen LogP contribution in [0.4, 0.5) is 0 Å². The van der Waals surface area contributed by atoms with Gasteiger partial charge in [0.25, 0.3) is 5.91 Å². The number of ketones is 1. The number of hydrogen-bond donors (Lipinski definition) is 1. The van der Waals surface area contributed by atoms with Crippen LogP contribution >= 0.6 is 11.3 Å². The Morgan fingerprint density at radius 3 is 2.73 bits per heavy atom. The Balaban J connectivity index is 1.83. The number of benzene rings is 1. The third kappa shape index (κ3) is 3.39. The van der Waals surface area contributed by atoms with Gasteiger partial charge in [-0.15, -0.1) is 11.3 Å². The van der Waals surface area contributed by atoms with Crippen LogP contribution in [0, 0.1) is 13.8 Å². The van der Waals surface area contributed by atoms with Crippen molar-refractivity contribution < 1.29 is 23.8 Å². The normalized spacial score (nSPS) is 16.4. The molecular weight excluding hydrogens is 404 g/mol. The molecule has 2 aromatic heterocycles. The molecule has 1 N–H and O–H groups in total. The molecule has 1 unspecified atom stereocenters. The highest BCUT2D eigenvalue weighted by Gasteiger charge is 2.44. The van der Waals surface area contributed by atoms with Crippen LogP contribution < -0.4 is 4.74 Å². The number of nitrogens with zero attached hydrogens (tertiary/aromatic N) is 2. The summed E-state index contributed by atoms with van der Waals surface area (Å²) in [5.41, 5.74) is 1.26. The summed E-state index contributed by atoms with van der Waals surface area (Å²) in [6.45, 7) is 3.66. The van der Waals surface area contributed by atoms with Crippen molar-refractivity contribution in [3.8, 4) is 5.75 Å². The summed E-state index contributed by atoms with van der Waals surface area (Å²) in [6.07, 6.45) is 1.51. The van der Waals surface area contributed by atoms with Crippen LogP contribution in [0.2, 0.25) is 0 Å². The molecule has 8 heteroatoms. The van der Waals surface area contributed by atoms with Crippen molar-refractivity contribution in [3.63, 3.8) is 0 Å². The molecule has 30 heavy (non-hydrogen) atoms. The Bertz CT molecular complexity index is 1150. The fraction of sp³-hybridized carbons (Fsp3) is 0.227. The molecule has 0 radical (unpaired) electrons. The first kappa shape index (κ1) is 19.9. The van der Waals surface area contributed by atoms with Gasteiger partial charge in [-0.25, -0.2) is 4.98 Å². The van der Waals surface area contributed by atoms with Gasteiger partial charge in [0.15, 0.2) is 5.76 Å². The minimum Gasteiger partial charge on any atom is -0.503 e. The van der Waals surface area contributed by atoms with Crippen molar-refractivity contribution in [3.05, 3.63) is 80.9 Å². The molecule has 0 bridgehead atoms. The van der Waals surface area contributed by atoms with Gasteiger partial charge in [-0.3, -0.25) is 9.59 Å². The summed E-state index contributed by atoms with van der Waals surface area (Å²) in [5.74, 6) is -0.450. The number of methoxy groups -OCH3 is 1. The zero-order chi connectivity index (χ0) is 21.4. The average molecular weight is 424 g/mol. The quantitative estimate of drug-likeness (QED) is 0.598. The molecule has 3 aromatic rings. The molecule has 1 aliphatic rings. The molecule has 7 nitrogen and oxygen atoms in total. The van der Waals surface area contributed by atoms with Crippen LogP contribution in [0.3, 0.4) is 0 Å². The van der Waals surface area contributed by atoms with Crippen molar-refractivity contribution in [2.75, 3.05) is 7.11 Å². The molecule has 0 saturated heterocycles. The van der Waals surface area contributed by atoms with Crippen molar-refractivity contribution >= 4 is 23.0 Å². The molecule has 1 aliphatic heterocycles. The Morgan fingerprint density at radius 1 is 1.30 bits per heavy atom. The highest BCUT2D eigenvalue weighted by atomic mass is 32.1. The minimum absolute atomic E-state index is 0.0339. The van der Waals surface area contributed by atoms with Crippen LogP contribution in [0.5, 0.6) is 5.75 Å². The predicted octanol–water partition coefficient (Wildman–Crippen LogP) is 4.14. The maximum atomic E-state index is 13.4. The van der Waals surface area contributed by atoms with Gasteiger partial charge in [0.2, 0.25) is 5.78 Å². The van der Waals surface area contributed by atoms with E-state index >= 15 is 0 Å². The van der Waals surface area contributed by atoms with Crippen LogP contribution in [0.25, 0.3) is 0 Å². The van der Waals surface area contributed by atoms with Crippen molar-refractivity contribution in [1.82, 2.24) is 9.88 Å². The molecule has 3 heterocycles. The number of carbonyl (C=O) groups is 2. The van der Waals surface area contributed by atoms with Crippen molar-refractivity contribution in [1.29, 1.82) is 0 Å². The highest BCUT2D eigenvalue weighted by molar-refractivity contribution is 7.14. The monoisotopic (exact) mass is 424 g/mol. The largest absolute Gasteiger partial charge is 0.503 e. The minimum atomic E-state index is -0.785. The summed E-state index contributed by atoms with van der Waals surface area (Å²) in [5, 5.41) is 11.5. The lowest BCUT2D eigenvalue weighted by molar-refractivity contribution is -0.130. The summed E-state index contributed by atoms with van der Waals surface area (Å²) in [6, 6.07) is 9.79. The highest BCUT2D eigenvalue weighted by Crippen LogP contribution is 2.41. The van der Waals surface area contributed by atoms with E-state index in [2.05, 4.69) is 4.98 Å². The maximum Gasteiger partial charge on any atom is 0.290 e. The molecule has 4 rings (SSSR count). The first-order chi connectivity index (χ1) is 14.4. The molecule has 0 spiro atoms. The Morgan fingerprint density at radius 2 is 2.10 bits per heavy atom. The van der Waals surface area contributed by atoms with Gasteiger partial charge in [-0.1, -0.05) is 12.1 Å². The zero-order valence-electron chi connectivity index (χ0n) is 16.7. The molecule has 0 aliphatic carbocycles. The van der Waals surface area contributed by atoms with Gasteiger partial charge < -0.3 is 19.2 Å². The first-order valence-corrected chi connectivity index (χ1v) is 10.1. The number of furan rings is 1. The molecule has 0 fully saturated rings. The Labute approximate surface area is 177 Å². The average Bonchev–Trinajstić information content (AvgIpc) is 3.43. The first-order valence-electron chi connectivity index (χ1n) is 9.30. The van der Waals surface area contributed by atoms with E-state index in [1.54, 1.807) is 50.4 Å².